The number of rotatable bonds is 2. The highest BCUT2D eigenvalue weighted by atomic mass is 16.3. The number of carbonyl (C=O) groups excluding carboxylic acids is 2. The Bertz CT molecular complexity index is 308. The summed E-state index contributed by atoms with van der Waals surface area (Å²) in [7, 11) is 1.67. The predicted octanol–water partition coefficient (Wildman–Crippen LogP) is -1.94. The van der Waals surface area contributed by atoms with Crippen LogP contribution in [0.3, 0.4) is 0 Å². The van der Waals surface area contributed by atoms with E-state index in [1.807, 2.05) is 0 Å². The van der Waals surface area contributed by atoms with E-state index >= 15 is 0 Å². The van der Waals surface area contributed by atoms with Crippen molar-refractivity contribution in [3.05, 3.63) is 0 Å². The molecule has 16 heavy (non-hydrogen) atoms. The van der Waals surface area contributed by atoms with Crippen LogP contribution in [0.4, 0.5) is 0 Å². The molecule has 2 fully saturated rings. The van der Waals surface area contributed by atoms with Gasteiger partial charge in [0.2, 0.25) is 11.8 Å². The molecule has 6 heteroatoms. The number of aliphatic hydroxyl groups is 1. The molecule has 0 spiro atoms. The topological polar surface area (TPSA) is 81.7 Å². The number of hydrogen-bond acceptors (Lipinski definition) is 4. The van der Waals surface area contributed by atoms with E-state index in [-0.39, 0.29) is 17.9 Å². The summed E-state index contributed by atoms with van der Waals surface area (Å²) in [5.74, 6) is -0.185. The SMILES string of the molecule is CN(C(=O)[C@H]1CCC(=O)N1)[C@H]1CNC[C@@H]1O. The Morgan fingerprint density at radius 1 is 1.50 bits per heavy atom. The number of β-amino-alcohol motifs (C(OH)–C–C–N with tert-alkyl or cyclic N) is 1. The molecule has 0 bridgehead atoms. The van der Waals surface area contributed by atoms with E-state index in [0.29, 0.717) is 25.9 Å². The first-order chi connectivity index (χ1) is 7.59. The van der Waals surface area contributed by atoms with Crippen molar-refractivity contribution in [3.63, 3.8) is 0 Å². The maximum absolute atomic E-state index is 12.0. The third-order valence-corrected chi connectivity index (χ3v) is 3.29. The van der Waals surface area contributed by atoms with Crippen LogP contribution in [0, 0.1) is 0 Å². The Balaban J connectivity index is 1.96. The normalized spacial score (nSPS) is 33.9. The van der Waals surface area contributed by atoms with Crippen LogP contribution in [0.25, 0.3) is 0 Å². The molecule has 2 aliphatic heterocycles. The molecule has 0 saturated carbocycles. The summed E-state index contributed by atoms with van der Waals surface area (Å²) in [6.07, 6.45) is 0.444. The highest BCUT2D eigenvalue weighted by Gasteiger charge is 2.36. The molecule has 0 aromatic rings. The van der Waals surface area contributed by atoms with Gasteiger partial charge in [-0.2, -0.15) is 0 Å². The lowest BCUT2D eigenvalue weighted by Gasteiger charge is -2.28. The molecule has 3 N–H and O–H groups in total. The molecule has 0 aliphatic carbocycles. The minimum atomic E-state index is -0.522. The number of nitrogens with one attached hydrogen (secondary N) is 2. The first-order valence-corrected chi connectivity index (χ1v) is 5.54. The van der Waals surface area contributed by atoms with E-state index in [4.69, 9.17) is 0 Å². The molecule has 0 aromatic heterocycles. The van der Waals surface area contributed by atoms with Gasteiger partial charge in [-0.15, -0.1) is 0 Å². The Kier molecular flexibility index (Phi) is 3.11. The summed E-state index contributed by atoms with van der Waals surface area (Å²) in [4.78, 5) is 24.6. The van der Waals surface area contributed by atoms with E-state index in [1.54, 1.807) is 11.9 Å². The first-order valence-electron chi connectivity index (χ1n) is 5.54. The van der Waals surface area contributed by atoms with Crippen molar-refractivity contribution in [1.29, 1.82) is 0 Å². The summed E-state index contributed by atoms with van der Waals surface area (Å²) >= 11 is 0. The average molecular weight is 227 g/mol. The van der Waals surface area contributed by atoms with Crippen LogP contribution in [0.1, 0.15) is 12.8 Å². The quantitative estimate of drug-likeness (QED) is 0.512. The fourth-order valence-electron chi connectivity index (χ4n) is 2.25. The molecule has 2 heterocycles. The fraction of sp³-hybridized carbons (Fsp3) is 0.800. The van der Waals surface area contributed by atoms with E-state index in [9.17, 15) is 14.7 Å². The minimum absolute atomic E-state index is 0.0724. The van der Waals surface area contributed by atoms with Crippen molar-refractivity contribution >= 4 is 11.8 Å². The van der Waals surface area contributed by atoms with Gasteiger partial charge in [0.05, 0.1) is 12.1 Å². The molecular formula is C10H17N3O3. The van der Waals surface area contributed by atoms with Crippen LogP contribution in [0.5, 0.6) is 0 Å². The highest BCUT2D eigenvalue weighted by Crippen LogP contribution is 2.13. The molecule has 0 aromatic carbocycles. The Morgan fingerprint density at radius 2 is 2.25 bits per heavy atom. The fourth-order valence-corrected chi connectivity index (χ4v) is 2.25. The number of aliphatic hydroxyl groups excluding tert-OH is 1. The summed E-state index contributed by atoms with van der Waals surface area (Å²) < 4.78 is 0. The molecule has 2 aliphatic rings. The van der Waals surface area contributed by atoms with Gasteiger partial charge < -0.3 is 20.6 Å². The van der Waals surface area contributed by atoms with Gasteiger partial charge in [-0.25, -0.2) is 0 Å². The van der Waals surface area contributed by atoms with Crippen molar-refractivity contribution in [2.45, 2.75) is 31.0 Å². The summed E-state index contributed by atoms with van der Waals surface area (Å²) in [6.45, 7) is 1.11. The van der Waals surface area contributed by atoms with Crippen LogP contribution in [0.15, 0.2) is 0 Å². The molecule has 3 atom stereocenters. The molecule has 2 amide bonds. The van der Waals surface area contributed by atoms with Gasteiger partial charge in [0.25, 0.3) is 0 Å². The highest BCUT2D eigenvalue weighted by molar-refractivity contribution is 5.90. The molecular weight excluding hydrogens is 210 g/mol. The predicted molar refractivity (Wildman–Crippen MR) is 56.6 cm³/mol. The van der Waals surface area contributed by atoms with Crippen LogP contribution in [-0.2, 0) is 9.59 Å². The van der Waals surface area contributed by atoms with Crippen LogP contribution >= 0.6 is 0 Å². The zero-order chi connectivity index (χ0) is 11.7. The maximum Gasteiger partial charge on any atom is 0.245 e. The number of carbonyl (C=O) groups is 2. The zero-order valence-corrected chi connectivity index (χ0v) is 9.27. The van der Waals surface area contributed by atoms with E-state index in [0.717, 1.165) is 0 Å². The Morgan fingerprint density at radius 3 is 2.75 bits per heavy atom. The van der Waals surface area contributed by atoms with Crippen molar-refractivity contribution in [2.24, 2.45) is 0 Å². The zero-order valence-electron chi connectivity index (χ0n) is 9.27. The third-order valence-electron chi connectivity index (χ3n) is 3.29. The molecule has 2 rings (SSSR count). The average Bonchev–Trinajstić information content (AvgIpc) is 2.85. The van der Waals surface area contributed by atoms with Crippen molar-refractivity contribution < 1.29 is 14.7 Å². The smallest absolute Gasteiger partial charge is 0.245 e. The van der Waals surface area contributed by atoms with Gasteiger partial charge in [-0.3, -0.25) is 9.59 Å². The number of nitrogens with zero attached hydrogens (tertiary/aromatic N) is 1. The first kappa shape index (κ1) is 11.3. The standard InChI is InChI=1S/C10H17N3O3/c1-13(7-4-11-5-8(7)14)10(16)6-2-3-9(15)12-6/h6-8,11,14H,2-5H2,1H3,(H,12,15)/t6-,7+,8+/m1/s1. The lowest BCUT2D eigenvalue weighted by molar-refractivity contribution is -0.136. The monoisotopic (exact) mass is 227 g/mol. The van der Waals surface area contributed by atoms with Gasteiger partial charge in [0.15, 0.2) is 0 Å². The largest absolute Gasteiger partial charge is 0.390 e. The second-order valence-corrected chi connectivity index (χ2v) is 4.40. The van der Waals surface area contributed by atoms with Crippen LogP contribution in [0.2, 0.25) is 0 Å². The van der Waals surface area contributed by atoms with E-state index in [2.05, 4.69) is 10.6 Å². The lowest BCUT2D eigenvalue weighted by Crippen LogP contribution is -2.50. The molecule has 0 unspecified atom stereocenters. The lowest BCUT2D eigenvalue weighted by atomic mass is 10.1. The van der Waals surface area contributed by atoms with E-state index < -0.39 is 12.1 Å². The van der Waals surface area contributed by atoms with E-state index in [1.165, 1.54) is 0 Å². The van der Waals surface area contributed by atoms with Gasteiger partial charge in [-0.05, 0) is 6.42 Å². The van der Waals surface area contributed by atoms with Crippen molar-refractivity contribution in [3.8, 4) is 0 Å². The molecule has 2 saturated heterocycles. The number of likely N-dealkylation sites (N-methyl/N-ethyl adjacent to an activating group) is 1. The minimum Gasteiger partial charge on any atom is -0.390 e. The summed E-state index contributed by atoms with van der Waals surface area (Å²) in [5, 5.41) is 15.3. The maximum atomic E-state index is 12.0. The van der Waals surface area contributed by atoms with Crippen molar-refractivity contribution in [2.75, 3.05) is 20.1 Å². The summed E-state index contributed by atoms with van der Waals surface area (Å²) in [5.41, 5.74) is 0. The van der Waals surface area contributed by atoms with Crippen molar-refractivity contribution in [1.82, 2.24) is 15.5 Å². The van der Waals surface area contributed by atoms with Gasteiger partial charge in [0.1, 0.15) is 6.04 Å². The van der Waals surface area contributed by atoms with Crippen LogP contribution < -0.4 is 10.6 Å². The Hall–Kier alpha value is -1.14. The molecule has 0 radical (unpaired) electrons. The Labute approximate surface area is 94.0 Å². The molecule has 6 nitrogen and oxygen atoms in total. The number of hydrogen-bond donors (Lipinski definition) is 3. The second kappa shape index (κ2) is 4.39. The van der Waals surface area contributed by atoms with Gasteiger partial charge in [0, 0.05) is 26.6 Å². The van der Waals surface area contributed by atoms with Gasteiger partial charge >= 0.3 is 0 Å². The van der Waals surface area contributed by atoms with Gasteiger partial charge in [-0.1, -0.05) is 0 Å². The third kappa shape index (κ3) is 2.03. The number of amides is 2. The summed E-state index contributed by atoms with van der Waals surface area (Å²) in [6, 6.07) is -0.602. The second-order valence-electron chi connectivity index (χ2n) is 4.40. The molecule has 90 valence electrons. The van der Waals surface area contributed by atoms with Crippen LogP contribution in [-0.4, -0.2) is 60.1 Å².